The first-order valence-corrected chi connectivity index (χ1v) is 10.8. The SMILES string of the molecule is COc1ccc(CN=C(NCCCN2CCOCC2)NCCc2ccco2)cc1Cl.I. The Bertz CT molecular complexity index is 783. The topological polar surface area (TPSA) is 71.3 Å². The maximum Gasteiger partial charge on any atom is 0.191 e. The number of methoxy groups -OCH3 is 1. The Morgan fingerprint density at radius 3 is 2.71 bits per heavy atom. The number of aliphatic imine (C=N–C) groups is 1. The Balaban J connectivity index is 0.00000341. The fraction of sp³-hybridized carbons (Fsp3) is 0.500. The van der Waals surface area contributed by atoms with Gasteiger partial charge >= 0.3 is 0 Å². The van der Waals surface area contributed by atoms with Gasteiger partial charge in [0, 0.05) is 32.6 Å². The summed E-state index contributed by atoms with van der Waals surface area (Å²) in [4.78, 5) is 7.16. The molecule has 1 aromatic carbocycles. The molecule has 0 aliphatic carbocycles. The van der Waals surface area contributed by atoms with E-state index in [9.17, 15) is 0 Å². The Kier molecular flexibility index (Phi) is 12.1. The minimum atomic E-state index is 0. The summed E-state index contributed by atoms with van der Waals surface area (Å²) in [6.07, 6.45) is 3.55. The highest BCUT2D eigenvalue weighted by Gasteiger charge is 2.09. The van der Waals surface area contributed by atoms with Crippen molar-refractivity contribution in [3.05, 3.63) is 52.9 Å². The van der Waals surface area contributed by atoms with Crippen molar-refractivity contribution in [1.82, 2.24) is 15.5 Å². The first-order valence-electron chi connectivity index (χ1n) is 10.4. The molecule has 0 radical (unpaired) electrons. The van der Waals surface area contributed by atoms with E-state index < -0.39 is 0 Å². The summed E-state index contributed by atoms with van der Waals surface area (Å²) in [7, 11) is 1.61. The molecule has 0 saturated carbocycles. The highest BCUT2D eigenvalue weighted by atomic mass is 127. The molecule has 1 fully saturated rings. The van der Waals surface area contributed by atoms with Crippen LogP contribution < -0.4 is 15.4 Å². The van der Waals surface area contributed by atoms with Crippen LogP contribution in [0, 0.1) is 0 Å². The fourth-order valence-electron chi connectivity index (χ4n) is 3.25. The van der Waals surface area contributed by atoms with Crippen molar-refractivity contribution in [1.29, 1.82) is 0 Å². The Hall–Kier alpha value is -1.49. The maximum absolute atomic E-state index is 6.23. The van der Waals surface area contributed by atoms with Gasteiger partial charge in [0.1, 0.15) is 11.5 Å². The van der Waals surface area contributed by atoms with Gasteiger partial charge in [0.2, 0.25) is 0 Å². The highest BCUT2D eigenvalue weighted by molar-refractivity contribution is 14.0. The average Bonchev–Trinajstić information content (AvgIpc) is 3.29. The molecule has 1 aliphatic heterocycles. The van der Waals surface area contributed by atoms with Gasteiger partial charge in [-0.3, -0.25) is 4.90 Å². The molecule has 0 bridgehead atoms. The van der Waals surface area contributed by atoms with Crippen LogP contribution in [0.3, 0.4) is 0 Å². The minimum absolute atomic E-state index is 0. The lowest BCUT2D eigenvalue weighted by Crippen LogP contribution is -2.41. The van der Waals surface area contributed by atoms with Gasteiger partial charge in [0.15, 0.2) is 5.96 Å². The highest BCUT2D eigenvalue weighted by Crippen LogP contribution is 2.25. The molecule has 2 aromatic rings. The zero-order chi connectivity index (χ0) is 21.0. The molecule has 1 saturated heterocycles. The second-order valence-electron chi connectivity index (χ2n) is 7.12. The summed E-state index contributed by atoms with van der Waals surface area (Å²) in [5, 5.41) is 7.42. The van der Waals surface area contributed by atoms with E-state index in [1.54, 1.807) is 13.4 Å². The molecule has 0 atom stereocenters. The number of hydrogen-bond acceptors (Lipinski definition) is 5. The van der Waals surface area contributed by atoms with Crippen LogP contribution in [-0.2, 0) is 17.7 Å². The molecule has 2 heterocycles. The van der Waals surface area contributed by atoms with E-state index in [1.165, 1.54) is 0 Å². The molecule has 31 heavy (non-hydrogen) atoms. The molecule has 2 N–H and O–H groups in total. The fourth-order valence-corrected chi connectivity index (χ4v) is 3.53. The normalized spacial score (nSPS) is 14.7. The molecule has 1 aromatic heterocycles. The Labute approximate surface area is 206 Å². The van der Waals surface area contributed by atoms with Crippen LogP contribution in [0.2, 0.25) is 5.02 Å². The number of ether oxygens (including phenoxy) is 2. The van der Waals surface area contributed by atoms with Crippen molar-refractivity contribution in [2.75, 3.05) is 53.0 Å². The third kappa shape index (κ3) is 9.26. The zero-order valence-corrected chi connectivity index (χ0v) is 21.0. The minimum Gasteiger partial charge on any atom is -0.495 e. The standard InChI is InChI=1S/C22H31ClN4O3.HI/c1-28-21-6-5-18(16-20(21)23)17-26-22(25-9-7-19-4-2-13-30-19)24-8-3-10-27-11-14-29-15-12-27;/h2,4-6,13,16H,3,7-12,14-15,17H2,1H3,(H2,24,25,26);1H. The van der Waals surface area contributed by atoms with Crippen LogP contribution in [-0.4, -0.2) is 63.9 Å². The third-order valence-electron chi connectivity index (χ3n) is 4.93. The third-order valence-corrected chi connectivity index (χ3v) is 5.22. The lowest BCUT2D eigenvalue weighted by atomic mass is 10.2. The van der Waals surface area contributed by atoms with E-state index in [-0.39, 0.29) is 24.0 Å². The van der Waals surface area contributed by atoms with E-state index >= 15 is 0 Å². The summed E-state index contributed by atoms with van der Waals surface area (Å²) in [5.41, 5.74) is 1.03. The van der Waals surface area contributed by atoms with E-state index in [1.807, 2.05) is 30.3 Å². The smallest absolute Gasteiger partial charge is 0.191 e. The number of nitrogens with one attached hydrogen (secondary N) is 2. The van der Waals surface area contributed by atoms with Gasteiger partial charge in [0.05, 0.1) is 38.2 Å². The average molecular weight is 563 g/mol. The lowest BCUT2D eigenvalue weighted by Gasteiger charge is -2.26. The number of halogens is 2. The molecule has 7 nitrogen and oxygen atoms in total. The van der Waals surface area contributed by atoms with E-state index in [4.69, 9.17) is 30.5 Å². The van der Waals surface area contributed by atoms with Crippen molar-refractivity contribution in [2.24, 2.45) is 4.99 Å². The van der Waals surface area contributed by atoms with Gasteiger partial charge in [-0.05, 0) is 42.8 Å². The van der Waals surface area contributed by atoms with Crippen molar-refractivity contribution in [3.63, 3.8) is 0 Å². The van der Waals surface area contributed by atoms with Crippen LogP contribution in [0.5, 0.6) is 5.75 Å². The van der Waals surface area contributed by atoms with Crippen LogP contribution in [0.4, 0.5) is 0 Å². The molecule has 0 unspecified atom stereocenters. The van der Waals surface area contributed by atoms with E-state index in [0.717, 1.165) is 76.1 Å². The summed E-state index contributed by atoms with van der Waals surface area (Å²) in [6.45, 7) is 6.88. The molecular formula is C22H32ClIN4O3. The molecule has 1 aliphatic rings. The summed E-state index contributed by atoms with van der Waals surface area (Å²) in [6, 6.07) is 9.62. The molecule has 0 amide bonds. The van der Waals surface area contributed by atoms with Crippen molar-refractivity contribution in [2.45, 2.75) is 19.4 Å². The number of furan rings is 1. The van der Waals surface area contributed by atoms with Gasteiger partial charge < -0.3 is 24.5 Å². The maximum atomic E-state index is 6.23. The molecule has 0 spiro atoms. The molecular weight excluding hydrogens is 531 g/mol. The van der Waals surface area contributed by atoms with Crippen molar-refractivity contribution in [3.8, 4) is 5.75 Å². The Morgan fingerprint density at radius 2 is 2.00 bits per heavy atom. The van der Waals surface area contributed by atoms with Gasteiger partial charge in [-0.2, -0.15) is 0 Å². The second kappa shape index (κ2) is 14.5. The number of benzene rings is 1. The van der Waals surface area contributed by atoms with Crippen LogP contribution in [0.25, 0.3) is 0 Å². The van der Waals surface area contributed by atoms with Gasteiger partial charge in [-0.25, -0.2) is 4.99 Å². The number of hydrogen-bond donors (Lipinski definition) is 2. The van der Waals surface area contributed by atoms with Gasteiger partial charge in [0.25, 0.3) is 0 Å². The molecule has 9 heteroatoms. The number of morpholine rings is 1. The van der Waals surface area contributed by atoms with Crippen LogP contribution >= 0.6 is 35.6 Å². The quantitative estimate of drug-likeness (QED) is 0.200. The number of rotatable bonds is 10. The van der Waals surface area contributed by atoms with Gasteiger partial charge in [-0.1, -0.05) is 17.7 Å². The lowest BCUT2D eigenvalue weighted by molar-refractivity contribution is 0.0376. The second-order valence-corrected chi connectivity index (χ2v) is 7.53. The monoisotopic (exact) mass is 562 g/mol. The Morgan fingerprint density at radius 1 is 1.19 bits per heavy atom. The van der Waals surface area contributed by atoms with Crippen LogP contribution in [0.15, 0.2) is 46.0 Å². The number of guanidine groups is 1. The first kappa shape index (κ1) is 25.8. The van der Waals surface area contributed by atoms with E-state index in [2.05, 4.69) is 15.5 Å². The molecule has 172 valence electrons. The van der Waals surface area contributed by atoms with Crippen LogP contribution in [0.1, 0.15) is 17.7 Å². The zero-order valence-electron chi connectivity index (χ0n) is 17.9. The number of nitrogens with zero attached hydrogens (tertiary/aromatic N) is 2. The molecule has 3 rings (SSSR count). The predicted molar refractivity (Wildman–Crippen MR) is 135 cm³/mol. The summed E-state index contributed by atoms with van der Waals surface area (Å²) >= 11 is 6.23. The largest absolute Gasteiger partial charge is 0.495 e. The summed E-state index contributed by atoms with van der Waals surface area (Å²) < 4.78 is 16.0. The van der Waals surface area contributed by atoms with Gasteiger partial charge in [-0.15, -0.1) is 24.0 Å². The van der Waals surface area contributed by atoms with Crippen molar-refractivity contribution >= 4 is 41.5 Å². The van der Waals surface area contributed by atoms with E-state index in [0.29, 0.717) is 17.3 Å². The predicted octanol–water partition coefficient (Wildman–Crippen LogP) is 3.56. The first-order chi connectivity index (χ1) is 14.7. The summed E-state index contributed by atoms with van der Waals surface area (Å²) in [5.74, 6) is 2.41. The van der Waals surface area contributed by atoms with Crippen molar-refractivity contribution < 1.29 is 13.9 Å².